The number of hydrogen-bond acceptors (Lipinski definition) is 7. The predicted octanol–water partition coefficient (Wildman–Crippen LogP) is 1.53. The van der Waals surface area contributed by atoms with Crippen LogP contribution in [0.5, 0.6) is 0 Å². The highest BCUT2D eigenvalue weighted by molar-refractivity contribution is 6.02. The minimum absolute atomic E-state index is 0.241. The van der Waals surface area contributed by atoms with Gasteiger partial charge in [-0.1, -0.05) is 0 Å². The molecule has 3 aromatic rings. The van der Waals surface area contributed by atoms with Crippen LogP contribution in [0.25, 0.3) is 5.65 Å². The molecule has 10 nitrogen and oxygen atoms in total. The zero-order valence-electron chi connectivity index (χ0n) is 17.4. The van der Waals surface area contributed by atoms with Crippen LogP contribution in [0.1, 0.15) is 24.0 Å². The number of hydrogen-bond donors (Lipinski definition) is 2. The monoisotopic (exact) mass is 407 g/mol. The number of amides is 2. The van der Waals surface area contributed by atoms with Crippen LogP contribution >= 0.6 is 0 Å². The number of fused-ring (bicyclic) bond motifs is 2. The summed E-state index contributed by atoms with van der Waals surface area (Å²) in [5.74, 6) is 1.83. The molecule has 5 heterocycles. The molecule has 2 aliphatic rings. The van der Waals surface area contributed by atoms with Crippen molar-refractivity contribution in [2.45, 2.75) is 33.2 Å². The third-order valence-electron chi connectivity index (χ3n) is 5.63. The van der Waals surface area contributed by atoms with E-state index in [1.165, 1.54) is 5.69 Å². The number of piperazine rings is 1. The van der Waals surface area contributed by atoms with E-state index in [4.69, 9.17) is 0 Å². The number of nitrogens with one attached hydrogen (secondary N) is 2. The average molecular weight is 407 g/mol. The third kappa shape index (κ3) is 3.22. The molecule has 1 atom stereocenters. The van der Waals surface area contributed by atoms with E-state index in [2.05, 4.69) is 48.6 Å². The van der Waals surface area contributed by atoms with Gasteiger partial charge in [-0.25, -0.2) is 24.3 Å². The molecule has 0 saturated carbocycles. The molecule has 156 valence electrons. The van der Waals surface area contributed by atoms with Crippen LogP contribution in [0.2, 0.25) is 0 Å². The van der Waals surface area contributed by atoms with Crippen LogP contribution in [-0.2, 0) is 6.42 Å². The molecule has 2 amide bonds. The molecule has 0 bridgehead atoms. The number of aryl methyl sites for hydroxylation is 2. The maximum absolute atomic E-state index is 13.0. The van der Waals surface area contributed by atoms with Crippen molar-refractivity contribution in [3.63, 3.8) is 0 Å². The van der Waals surface area contributed by atoms with E-state index in [0.717, 1.165) is 37.4 Å². The number of pyridine rings is 1. The fourth-order valence-corrected chi connectivity index (χ4v) is 4.30. The van der Waals surface area contributed by atoms with Gasteiger partial charge in [0.2, 0.25) is 0 Å². The number of carbonyl (C=O) groups excluding carboxylic acids is 1. The van der Waals surface area contributed by atoms with Gasteiger partial charge in [0, 0.05) is 49.7 Å². The molecule has 2 aliphatic heterocycles. The number of aromatic nitrogens is 5. The Bertz CT molecular complexity index is 1120. The van der Waals surface area contributed by atoms with Gasteiger partial charge in [-0.2, -0.15) is 5.10 Å². The minimum Gasteiger partial charge on any atom is -0.368 e. The molecule has 0 unspecified atom stereocenters. The van der Waals surface area contributed by atoms with Gasteiger partial charge in [0.1, 0.15) is 11.6 Å². The quantitative estimate of drug-likeness (QED) is 0.664. The maximum atomic E-state index is 13.0. The first-order valence-corrected chi connectivity index (χ1v) is 10.2. The average Bonchev–Trinajstić information content (AvgIpc) is 3.31. The number of rotatable bonds is 2. The predicted molar refractivity (Wildman–Crippen MR) is 114 cm³/mol. The highest BCUT2D eigenvalue weighted by atomic mass is 16.2. The van der Waals surface area contributed by atoms with Crippen LogP contribution in [0.3, 0.4) is 0 Å². The molecule has 3 aromatic heterocycles. The number of carbonyl (C=O) groups is 1. The topological polar surface area (TPSA) is 104 Å². The normalized spacial score (nSPS) is 18.7. The van der Waals surface area contributed by atoms with Crippen LogP contribution in [0.15, 0.2) is 18.5 Å². The Morgan fingerprint density at radius 1 is 1.27 bits per heavy atom. The van der Waals surface area contributed by atoms with Gasteiger partial charge in [0.15, 0.2) is 11.5 Å². The summed E-state index contributed by atoms with van der Waals surface area (Å²) in [7, 11) is 0. The molecular formula is C20H25N9O. The molecule has 0 radical (unpaired) electrons. The van der Waals surface area contributed by atoms with Crippen molar-refractivity contribution >= 4 is 29.0 Å². The van der Waals surface area contributed by atoms with Gasteiger partial charge in [0.25, 0.3) is 0 Å². The van der Waals surface area contributed by atoms with Crippen LogP contribution in [-0.4, -0.2) is 62.8 Å². The summed E-state index contributed by atoms with van der Waals surface area (Å²) in [6.45, 7) is 9.32. The molecule has 1 saturated heterocycles. The summed E-state index contributed by atoms with van der Waals surface area (Å²) in [6.07, 6.45) is 4.26. The second-order valence-corrected chi connectivity index (χ2v) is 7.90. The highest BCUT2D eigenvalue weighted by Gasteiger charge is 2.30. The third-order valence-corrected chi connectivity index (χ3v) is 5.63. The van der Waals surface area contributed by atoms with E-state index in [1.807, 2.05) is 13.8 Å². The highest BCUT2D eigenvalue weighted by Crippen LogP contribution is 2.34. The summed E-state index contributed by atoms with van der Waals surface area (Å²) in [6, 6.07) is 2.26. The van der Waals surface area contributed by atoms with Crippen LogP contribution in [0.4, 0.5) is 22.1 Å². The van der Waals surface area contributed by atoms with Crippen molar-refractivity contribution in [3.8, 4) is 0 Å². The van der Waals surface area contributed by atoms with Crippen LogP contribution < -0.4 is 20.4 Å². The maximum Gasteiger partial charge on any atom is 0.328 e. The lowest BCUT2D eigenvalue weighted by Crippen LogP contribution is -2.49. The zero-order valence-corrected chi connectivity index (χ0v) is 17.4. The number of nitrogens with zero attached hydrogens (tertiary/aromatic N) is 7. The molecule has 1 fully saturated rings. The van der Waals surface area contributed by atoms with E-state index in [9.17, 15) is 4.79 Å². The minimum atomic E-state index is -0.241. The van der Waals surface area contributed by atoms with Crippen molar-refractivity contribution in [1.29, 1.82) is 0 Å². The van der Waals surface area contributed by atoms with Crippen LogP contribution in [0, 0.1) is 13.8 Å². The SMILES string of the molecule is Cc1nc2c(C)nc(NC(=O)N3CCc4c(N5CCN[C@@H](C)C5)ccnc43)cn2n1. The lowest BCUT2D eigenvalue weighted by atomic mass is 10.1. The zero-order chi connectivity index (χ0) is 20.8. The standard InChI is InChI=1S/C20H25N9O/c1-12-10-27(9-7-21-12)16-4-6-22-19-15(16)5-8-28(19)20(30)25-17-11-29-18(13(2)23-17)24-14(3)26-29/h4,6,11-12,21H,5,7-10H2,1-3H3,(H,25,30)/t12-/m0/s1. The van der Waals surface area contributed by atoms with Gasteiger partial charge < -0.3 is 10.2 Å². The molecule has 2 N–H and O–H groups in total. The summed E-state index contributed by atoms with van der Waals surface area (Å²) < 4.78 is 1.65. The van der Waals surface area contributed by atoms with Crippen molar-refractivity contribution < 1.29 is 4.79 Å². The summed E-state index contributed by atoms with van der Waals surface area (Å²) in [5.41, 5.74) is 3.71. The van der Waals surface area contributed by atoms with Crippen molar-refractivity contribution in [1.82, 2.24) is 29.9 Å². The Labute approximate surface area is 174 Å². The van der Waals surface area contributed by atoms with E-state index in [0.29, 0.717) is 35.6 Å². The lowest BCUT2D eigenvalue weighted by Gasteiger charge is -2.34. The molecular weight excluding hydrogens is 382 g/mol. The Balaban J connectivity index is 1.39. The molecule has 0 aromatic carbocycles. The lowest BCUT2D eigenvalue weighted by molar-refractivity contribution is 0.257. The number of anilines is 3. The smallest absolute Gasteiger partial charge is 0.328 e. The van der Waals surface area contributed by atoms with E-state index < -0.39 is 0 Å². The van der Waals surface area contributed by atoms with Gasteiger partial charge in [-0.15, -0.1) is 0 Å². The molecule has 0 spiro atoms. The molecule has 10 heteroatoms. The van der Waals surface area contributed by atoms with Gasteiger partial charge in [-0.05, 0) is 33.3 Å². The first-order valence-electron chi connectivity index (χ1n) is 10.2. The van der Waals surface area contributed by atoms with Crippen molar-refractivity contribution in [3.05, 3.63) is 35.5 Å². The Hall–Kier alpha value is -3.27. The largest absolute Gasteiger partial charge is 0.368 e. The molecule has 0 aliphatic carbocycles. The van der Waals surface area contributed by atoms with E-state index in [-0.39, 0.29) is 6.03 Å². The van der Waals surface area contributed by atoms with E-state index in [1.54, 1.807) is 21.8 Å². The van der Waals surface area contributed by atoms with Gasteiger partial charge >= 0.3 is 6.03 Å². The summed E-state index contributed by atoms with van der Waals surface area (Å²) in [5, 5.41) is 10.7. The van der Waals surface area contributed by atoms with Gasteiger partial charge in [-0.3, -0.25) is 10.2 Å². The summed E-state index contributed by atoms with van der Waals surface area (Å²) >= 11 is 0. The van der Waals surface area contributed by atoms with Gasteiger partial charge in [0.05, 0.1) is 11.9 Å². The van der Waals surface area contributed by atoms with E-state index >= 15 is 0 Å². The number of urea groups is 1. The second kappa shape index (κ2) is 7.21. The second-order valence-electron chi connectivity index (χ2n) is 7.90. The Morgan fingerprint density at radius 3 is 2.97 bits per heavy atom. The molecule has 30 heavy (non-hydrogen) atoms. The van der Waals surface area contributed by atoms with Crippen molar-refractivity contribution in [2.24, 2.45) is 0 Å². The summed E-state index contributed by atoms with van der Waals surface area (Å²) in [4.78, 5) is 30.4. The first kappa shape index (κ1) is 18.7. The Kier molecular flexibility index (Phi) is 4.50. The van der Waals surface area contributed by atoms with Crippen molar-refractivity contribution in [2.75, 3.05) is 41.3 Å². The fraction of sp³-hybridized carbons (Fsp3) is 0.450. The molecule has 5 rings (SSSR count). The fourth-order valence-electron chi connectivity index (χ4n) is 4.30. The Morgan fingerprint density at radius 2 is 2.13 bits per heavy atom. The first-order chi connectivity index (χ1) is 14.5.